The molecule has 0 radical (unpaired) electrons. The molecular weight excluding hydrogens is 260 g/mol. The fraction of sp³-hybridized carbons (Fsp3) is 0.611. The Bertz CT molecular complexity index is 490. The van der Waals surface area contributed by atoms with Crippen molar-refractivity contribution in [1.29, 1.82) is 0 Å². The molecule has 0 bridgehead atoms. The molecule has 1 saturated carbocycles. The van der Waals surface area contributed by atoms with Gasteiger partial charge in [0.2, 0.25) is 5.91 Å². The lowest BCUT2D eigenvalue weighted by atomic mass is 9.74. The second-order valence-electron chi connectivity index (χ2n) is 6.89. The van der Waals surface area contributed by atoms with Crippen LogP contribution in [0, 0.1) is 5.41 Å². The van der Waals surface area contributed by atoms with Crippen molar-refractivity contribution in [2.24, 2.45) is 5.41 Å². The molecule has 0 heterocycles. The first-order valence-electron chi connectivity index (χ1n) is 8.08. The molecule has 1 fully saturated rings. The molecule has 0 atom stereocenters. The zero-order valence-electron chi connectivity index (χ0n) is 13.6. The highest BCUT2D eigenvalue weighted by Gasteiger charge is 2.38. The number of amides is 1. The molecule has 0 unspecified atom stereocenters. The number of carbonyl (C=O) groups excluding carboxylic acids is 1. The van der Waals surface area contributed by atoms with Crippen LogP contribution in [0.3, 0.4) is 0 Å². The van der Waals surface area contributed by atoms with E-state index in [2.05, 4.69) is 20.8 Å². The normalized spacial score (nSPS) is 17.7. The third-order valence-corrected chi connectivity index (χ3v) is 4.66. The molecule has 2 rings (SSSR count). The lowest BCUT2D eigenvalue weighted by Gasteiger charge is -2.39. The van der Waals surface area contributed by atoms with Gasteiger partial charge < -0.3 is 10.6 Å². The van der Waals surface area contributed by atoms with Crippen molar-refractivity contribution in [3.63, 3.8) is 0 Å². The van der Waals surface area contributed by atoms with E-state index in [0.717, 1.165) is 24.1 Å². The molecule has 1 aromatic carbocycles. The molecule has 3 heteroatoms. The minimum absolute atomic E-state index is 0.178. The van der Waals surface area contributed by atoms with E-state index in [9.17, 15) is 4.79 Å². The van der Waals surface area contributed by atoms with Crippen LogP contribution in [0.4, 0.5) is 5.69 Å². The molecule has 2 N–H and O–H groups in total. The number of carbonyl (C=O) groups is 1. The first-order valence-corrected chi connectivity index (χ1v) is 8.08. The van der Waals surface area contributed by atoms with E-state index in [0.29, 0.717) is 12.5 Å². The molecule has 3 nitrogen and oxygen atoms in total. The van der Waals surface area contributed by atoms with Crippen LogP contribution in [-0.2, 0) is 11.3 Å². The number of anilines is 1. The molecule has 1 aliphatic rings. The third-order valence-electron chi connectivity index (χ3n) is 4.66. The maximum Gasteiger partial charge on any atom is 0.229 e. The molecule has 21 heavy (non-hydrogen) atoms. The molecule has 116 valence electrons. The highest BCUT2D eigenvalue weighted by molar-refractivity contribution is 5.82. The number of nitrogens with two attached hydrogens (primary N) is 1. The van der Waals surface area contributed by atoms with Crippen molar-refractivity contribution in [1.82, 2.24) is 4.90 Å². The zero-order chi connectivity index (χ0) is 15.5. The van der Waals surface area contributed by atoms with E-state index >= 15 is 0 Å². The maximum absolute atomic E-state index is 13.0. The molecule has 0 spiro atoms. The Kier molecular flexibility index (Phi) is 4.92. The first kappa shape index (κ1) is 15.9. The van der Waals surface area contributed by atoms with E-state index in [4.69, 9.17) is 5.73 Å². The summed E-state index contributed by atoms with van der Waals surface area (Å²) < 4.78 is 0. The Balaban J connectivity index is 2.16. The van der Waals surface area contributed by atoms with Gasteiger partial charge >= 0.3 is 0 Å². The zero-order valence-corrected chi connectivity index (χ0v) is 13.6. The fourth-order valence-corrected chi connectivity index (χ4v) is 3.27. The van der Waals surface area contributed by atoms with Gasteiger partial charge in [-0.3, -0.25) is 4.79 Å². The van der Waals surface area contributed by atoms with E-state index in [1.165, 1.54) is 19.3 Å². The monoisotopic (exact) mass is 288 g/mol. The Morgan fingerprint density at radius 1 is 1.29 bits per heavy atom. The van der Waals surface area contributed by atoms with Crippen LogP contribution in [0.1, 0.15) is 58.4 Å². The highest BCUT2D eigenvalue weighted by atomic mass is 16.2. The summed E-state index contributed by atoms with van der Waals surface area (Å²) in [6.07, 6.45) is 5.65. The Morgan fingerprint density at radius 2 is 1.95 bits per heavy atom. The summed E-state index contributed by atoms with van der Waals surface area (Å²) in [6, 6.07) is 8.05. The molecule has 0 aliphatic heterocycles. The maximum atomic E-state index is 13.0. The second-order valence-corrected chi connectivity index (χ2v) is 6.89. The summed E-state index contributed by atoms with van der Waals surface area (Å²) in [4.78, 5) is 15.1. The van der Waals surface area contributed by atoms with Crippen molar-refractivity contribution in [3.8, 4) is 0 Å². The molecule has 0 saturated heterocycles. The largest absolute Gasteiger partial charge is 0.399 e. The first-order chi connectivity index (χ1) is 9.92. The van der Waals surface area contributed by atoms with Gasteiger partial charge in [-0.15, -0.1) is 0 Å². The van der Waals surface area contributed by atoms with Crippen LogP contribution in [0.25, 0.3) is 0 Å². The average Bonchev–Trinajstić information content (AvgIpc) is 2.44. The van der Waals surface area contributed by atoms with Crippen LogP contribution >= 0.6 is 0 Å². The molecule has 0 aromatic heterocycles. The predicted octanol–water partition coefficient (Wildman–Crippen LogP) is 3.98. The number of nitrogen functional groups attached to an aromatic ring is 1. The molecule has 1 aromatic rings. The topological polar surface area (TPSA) is 46.3 Å². The highest BCUT2D eigenvalue weighted by Crippen LogP contribution is 2.38. The smallest absolute Gasteiger partial charge is 0.229 e. The van der Waals surface area contributed by atoms with Crippen molar-refractivity contribution in [3.05, 3.63) is 29.8 Å². The molecular formula is C18H28N2O. The Hall–Kier alpha value is -1.51. The van der Waals surface area contributed by atoms with Crippen molar-refractivity contribution < 1.29 is 4.79 Å². The van der Waals surface area contributed by atoms with Crippen LogP contribution in [0.15, 0.2) is 24.3 Å². The van der Waals surface area contributed by atoms with Crippen LogP contribution in [0.2, 0.25) is 0 Å². The van der Waals surface area contributed by atoms with Crippen molar-refractivity contribution >= 4 is 11.6 Å². The summed E-state index contributed by atoms with van der Waals surface area (Å²) in [5.41, 5.74) is 7.54. The quantitative estimate of drug-likeness (QED) is 0.852. The average molecular weight is 288 g/mol. The minimum atomic E-state index is -0.178. The van der Waals surface area contributed by atoms with Gasteiger partial charge in [-0.25, -0.2) is 0 Å². The molecule has 1 amide bonds. The van der Waals surface area contributed by atoms with Crippen LogP contribution in [0.5, 0.6) is 0 Å². The van der Waals surface area contributed by atoms with Crippen LogP contribution < -0.4 is 5.73 Å². The van der Waals surface area contributed by atoms with Gasteiger partial charge in [0, 0.05) is 23.7 Å². The summed E-state index contributed by atoms with van der Waals surface area (Å²) in [6.45, 7) is 6.98. The number of benzene rings is 1. The number of rotatable bonds is 4. The number of hydrogen-bond acceptors (Lipinski definition) is 2. The van der Waals surface area contributed by atoms with Crippen LogP contribution in [-0.4, -0.2) is 16.8 Å². The SMILES string of the molecule is CC(C)N(Cc1cccc(N)c1)C(=O)C1(C)CCCCC1. The predicted molar refractivity (Wildman–Crippen MR) is 87.7 cm³/mol. The Labute approximate surface area is 128 Å². The van der Waals surface area contributed by atoms with Crippen molar-refractivity contribution in [2.75, 3.05) is 5.73 Å². The lowest BCUT2D eigenvalue weighted by Crippen LogP contribution is -2.46. The molecule has 1 aliphatic carbocycles. The summed E-state index contributed by atoms with van der Waals surface area (Å²) in [5, 5.41) is 0. The number of hydrogen-bond donors (Lipinski definition) is 1. The lowest BCUT2D eigenvalue weighted by molar-refractivity contribution is -0.145. The van der Waals surface area contributed by atoms with E-state index < -0.39 is 0 Å². The third kappa shape index (κ3) is 3.78. The Morgan fingerprint density at radius 3 is 2.52 bits per heavy atom. The van der Waals surface area contributed by atoms with Gasteiger partial charge in [-0.05, 0) is 44.4 Å². The van der Waals surface area contributed by atoms with Gasteiger partial charge in [0.15, 0.2) is 0 Å². The van der Waals surface area contributed by atoms with E-state index in [1.54, 1.807) is 0 Å². The van der Waals surface area contributed by atoms with E-state index in [1.807, 2.05) is 29.2 Å². The second kappa shape index (κ2) is 6.50. The van der Waals surface area contributed by atoms with Crippen molar-refractivity contribution in [2.45, 2.75) is 65.5 Å². The van der Waals surface area contributed by atoms with E-state index in [-0.39, 0.29) is 11.5 Å². The summed E-state index contributed by atoms with van der Waals surface area (Å²) in [7, 11) is 0. The minimum Gasteiger partial charge on any atom is -0.399 e. The van der Waals surface area contributed by atoms with Gasteiger partial charge in [0.1, 0.15) is 0 Å². The van der Waals surface area contributed by atoms with Gasteiger partial charge in [-0.2, -0.15) is 0 Å². The van der Waals surface area contributed by atoms with Gasteiger partial charge in [0.25, 0.3) is 0 Å². The van der Waals surface area contributed by atoms with Gasteiger partial charge in [0.05, 0.1) is 0 Å². The summed E-state index contributed by atoms with van der Waals surface area (Å²) >= 11 is 0. The number of nitrogens with zero attached hydrogens (tertiary/aromatic N) is 1. The standard InChI is InChI=1S/C18H28N2O/c1-14(2)20(13-15-8-7-9-16(19)12-15)17(21)18(3)10-5-4-6-11-18/h7-9,12,14H,4-6,10-11,13,19H2,1-3H3. The fourth-order valence-electron chi connectivity index (χ4n) is 3.27. The van der Waals surface area contributed by atoms with Gasteiger partial charge in [-0.1, -0.05) is 38.3 Å². The summed E-state index contributed by atoms with van der Waals surface area (Å²) in [5.74, 6) is 0.305.